The van der Waals surface area contributed by atoms with E-state index >= 15 is 0 Å². The van der Waals surface area contributed by atoms with Crippen LogP contribution < -0.4 is 10.6 Å². The average molecular weight is 367 g/mol. The molecule has 0 aliphatic heterocycles. The molecule has 1 aromatic heterocycles. The van der Waals surface area contributed by atoms with Crippen LogP contribution in [0.5, 0.6) is 0 Å². The van der Waals surface area contributed by atoms with Crippen molar-refractivity contribution in [2.24, 2.45) is 10.4 Å². The van der Waals surface area contributed by atoms with E-state index in [0.29, 0.717) is 0 Å². The first-order valence-electron chi connectivity index (χ1n) is 9.78. The van der Waals surface area contributed by atoms with Crippen LogP contribution in [0, 0.1) is 5.41 Å². The molecule has 1 heterocycles. The number of nitrogens with one attached hydrogen (secondary N) is 2. The minimum absolute atomic E-state index is 0.195. The molecule has 6 heteroatoms. The van der Waals surface area contributed by atoms with Crippen LogP contribution in [0.25, 0.3) is 0 Å². The zero-order valence-corrected chi connectivity index (χ0v) is 16.6. The number of aromatic nitrogens is 1. The van der Waals surface area contributed by atoms with E-state index in [4.69, 9.17) is 4.99 Å². The van der Waals surface area contributed by atoms with E-state index in [-0.39, 0.29) is 12.0 Å². The Kier molecular flexibility index (Phi) is 8.68. The summed E-state index contributed by atoms with van der Waals surface area (Å²) in [5.41, 5.74) is 0.195. The van der Waals surface area contributed by atoms with Crippen LogP contribution in [-0.4, -0.2) is 42.3 Å². The van der Waals surface area contributed by atoms with Gasteiger partial charge in [-0.2, -0.15) is 0 Å². The van der Waals surface area contributed by atoms with Gasteiger partial charge < -0.3 is 15.7 Å². The van der Waals surface area contributed by atoms with Crippen molar-refractivity contribution < 1.29 is 5.11 Å². The van der Waals surface area contributed by atoms with E-state index in [1.165, 1.54) is 42.0 Å². The van der Waals surface area contributed by atoms with Crippen molar-refractivity contribution >= 4 is 17.3 Å². The lowest BCUT2D eigenvalue weighted by Gasteiger charge is -2.35. The maximum atomic E-state index is 9.46. The van der Waals surface area contributed by atoms with Gasteiger partial charge in [0.05, 0.1) is 5.01 Å². The molecule has 0 bridgehead atoms. The maximum absolute atomic E-state index is 9.46. The van der Waals surface area contributed by atoms with E-state index in [0.717, 1.165) is 44.9 Å². The molecular weight excluding hydrogens is 332 g/mol. The van der Waals surface area contributed by atoms with Gasteiger partial charge in [-0.05, 0) is 38.0 Å². The van der Waals surface area contributed by atoms with E-state index < -0.39 is 0 Å². The lowest BCUT2D eigenvalue weighted by atomic mass is 9.72. The van der Waals surface area contributed by atoms with Gasteiger partial charge in [0.1, 0.15) is 0 Å². The van der Waals surface area contributed by atoms with Crippen LogP contribution in [0.3, 0.4) is 0 Å². The molecule has 25 heavy (non-hydrogen) atoms. The molecule has 0 spiro atoms. The molecule has 5 nitrogen and oxygen atoms in total. The maximum Gasteiger partial charge on any atom is 0.191 e. The lowest BCUT2D eigenvalue weighted by Crippen LogP contribution is -2.40. The monoisotopic (exact) mass is 366 g/mol. The highest BCUT2D eigenvalue weighted by molar-refractivity contribution is 7.11. The molecule has 0 radical (unpaired) electrons. The summed E-state index contributed by atoms with van der Waals surface area (Å²) in [4.78, 5) is 10.7. The highest BCUT2D eigenvalue weighted by Crippen LogP contribution is 2.39. The molecule has 0 aromatic carbocycles. The Morgan fingerprint density at radius 3 is 2.72 bits per heavy atom. The Bertz CT molecular complexity index is 518. The second kappa shape index (κ2) is 10.8. The number of thiazole rings is 1. The third-order valence-corrected chi connectivity index (χ3v) is 6.26. The lowest BCUT2D eigenvalue weighted by molar-refractivity contribution is 0.137. The Hall–Kier alpha value is -1.14. The molecule has 1 aliphatic rings. The summed E-state index contributed by atoms with van der Waals surface area (Å²) in [6.45, 7) is 7.03. The summed E-state index contributed by atoms with van der Waals surface area (Å²) in [5.74, 6) is 0.887. The van der Waals surface area contributed by atoms with Gasteiger partial charge in [0.2, 0.25) is 0 Å². The van der Waals surface area contributed by atoms with Crippen molar-refractivity contribution in [3.05, 3.63) is 16.1 Å². The second-order valence-electron chi connectivity index (χ2n) is 6.98. The smallest absolute Gasteiger partial charge is 0.191 e. The molecule has 2 rings (SSSR count). The Morgan fingerprint density at radius 1 is 1.28 bits per heavy atom. The Morgan fingerprint density at radius 2 is 2.08 bits per heavy atom. The summed E-state index contributed by atoms with van der Waals surface area (Å²) in [7, 11) is 0. The molecule has 1 aliphatic carbocycles. The second-order valence-corrected chi connectivity index (χ2v) is 8.18. The van der Waals surface area contributed by atoms with Gasteiger partial charge >= 0.3 is 0 Å². The van der Waals surface area contributed by atoms with Crippen LogP contribution in [-0.2, 0) is 12.8 Å². The number of nitrogens with zero attached hydrogens (tertiary/aromatic N) is 2. The number of aliphatic imine (C=N–C) groups is 1. The van der Waals surface area contributed by atoms with Crippen molar-refractivity contribution in [3.63, 3.8) is 0 Å². The van der Waals surface area contributed by atoms with E-state index in [9.17, 15) is 5.11 Å². The zero-order chi connectivity index (χ0) is 18.0. The minimum Gasteiger partial charge on any atom is -0.396 e. The number of guanidine groups is 1. The molecule has 0 atom stereocenters. The van der Waals surface area contributed by atoms with Crippen molar-refractivity contribution in [1.29, 1.82) is 0 Å². The fourth-order valence-corrected chi connectivity index (χ4v) is 4.39. The molecule has 1 fully saturated rings. The highest BCUT2D eigenvalue weighted by Gasteiger charge is 2.31. The van der Waals surface area contributed by atoms with E-state index in [2.05, 4.69) is 29.5 Å². The number of aliphatic hydroxyl groups excluding tert-OH is 1. The molecule has 0 unspecified atom stereocenters. The quantitative estimate of drug-likeness (QED) is 0.464. The molecule has 0 saturated heterocycles. The molecule has 0 amide bonds. The summed E-state index contributed by atoms with van der Waals surface area (Å²) in [6, 6.07) is 0. The van der Waals surface area contributed by atoms with E-state index in [1.807, 2.05) is 6.20 Å². The van der Waals surface area contributed by atoms with Crippen LogP contribution >= 0.6 is 11.3 Å². The standard InChI is InChI=1S/C19H34N4OS/c1-3-16-14-22-17(25-16)8-12-21-18(20-4-2)23-15-19(11-13-24)9-6-5-7-10-19/h14,24H,3-13,15H2,1-2H3,(H2,20,21,23). The third-order valence-electron chi connectivity index (χ3n) is 5.05. The SMILES string of the molecule is CCNC(=NCC1(CCO)CCCCC1)NCCc1ncc(CC)s1. The van der Waals surface area contributed by atoms with Gasteiger partial charge in [0.25, 0.3) is 0 Å². The fourth-order valence-electron chi connectivity index (χ4n) is 3.53. The Labute approximate surface area is 156 Å². The number of rotatable bonds is 9. The average Bonchev–Trinajstić information content (AvgIpc) is 3.09. The van der Waals surface area contributed by atoms with Gasteiger partial charge in [-0.15, -0.1) is 11.3 Å². The largest absolute Gasteiger partial charge is 0.396 e. The third kappa shape index (κ3) is 6.59. The first-order chi connectivity index (χ1) is 12.2. The van der Waals surface area contributed by atoms with Crippen molar-refractivity contribution in [3.8, 4) is 0 Å². The van der Waals surface area contributed by atoms with Gasteiger partial charge in [-0.3, -0.25) is 4.99 Å². The topological polar surface area (TPSA) is 69.5 Å². The van der Waals surface area contributed by atoms with Crippen LogP contribution in [0.1, 0.15) is 62.3 Å². The molecule has 142 valence electrons. The molecule has 1 saturated carbocycles. The summed E-state index contributed by atoms with van der Waals surface area (Å²) < 4.78 is 0. The minimum atomic E-state index is 0.195. The highest BCUT2D eigenvalue weighted by atomic mass is 32.1. The first kappa shape index (κ1) is 20.2. The molecular formula is C19H34N4OS. The van der Waals surface area contributed by atoms with Gasteiger partial charge in [0, 0.05) is 43.7 Å². The number of aryl methyl sites for hydroxylation is 1. The fraction of sp³-hybridized carbons (Fsp3) is 0.789. The van der Waals surface area contributed by atoms with Crippen molar-refractivity contribution in [2.75, 3.05) is 26.2 Å². The summed E-state index contributed by atoms with van der Waals surface area (Å²) in [6.07, 6.45) is 11.1. The van der Waals surface area contributed by atoms with E-state index in [1.54, 1.807) is 11.3 Å². The van der Waals surface area contributed by atoms with Crippen molar-refractivity contribution in [2.45, 2.75) is 65.2 Å². The molecule has 3 N–H and O–H groups in total. The number of hydrogen-bond acceptors (Lipinski definition) is 4. The van der Waals surface area contributed by atoms with Gasteiger partial charge in [-0.1, -0.05) is 26.2 Å². The van der Waals surface area contributed by atoms with Gasteiger partial charge in [-0.25, -0.2) is 4.98 Å². The molecule has 1 aromatic rings. The van der Waals surface area contributed by atoms with Gasteiger partial charge in [0.15, 0.2) is 5.96 Å². The normalized spacial score (nSPS) is 17.5. The van der Waals surface area contributed by atoms with Crippen LogP contribution in [0.2, 0.25) is 0 Å². The predicted octanol–water partition coefficient (Wildman–Crippen LogP) is 3.14. The van der Waals surface area contributed by atoms with Crippen molar-refractivity contribution in [1.82, 2.24) is 15.6 Å². The Balaban J connectivity index is 1.87. The van der Waals surface area contributed by atoms with Crippen LogP contribution in [0.4, 0.5) is 0 Å². The predicted molar refractivity (Wildman–Crippen MR) is 106 cm³/mol. The van der Waals surface area contributed by atoms with Crippen LogP contribution in [0.15, 0.2) is 11.2 Å². The number of hydrogen-bond donors (Lipinski definition) is 3. The summed E-state index contributed by atoms with van der Waals surface area (Å²) >= 11 is 1.80. The summed E-state index contributed by atoms with van der Waals surface area (Å²) in [5, 5.41) is 17.4. The first-order valence-corrected chi connectivity index (χ1v) is 10.6. The zero-order valence-electron chi connectivity index (χ0n) is 15.8. The number of aliphatic hydroxyl groups is 1.